The lowest BCUT2D eigenvalue weighted by molar-refractivity contribution is -0.393. The quantitative estimate of drug-likeness (QED) is 0.305. The fourth-order valence-corrected chi connectivity index (χ4v) is 2.38. The van der Waals surface area contributed by atoms with Gasteiger partial charge in [0.15, 0.2) is 4.62 Å². The van der Waals surface area contributed by atoms with Gasteiger partial charge in [0, 0.05) is 11.6 Å². The van der Waals surface area contributed by atoms with Crippen molar-refractivity contribution in [2.45, 2.75) is 0 Å². The normalized spacial score (nSPS) is 11.1. The standard InChI is InChI=1S/C14H7BrClFN4O5/c15-14(13(22)9-3-1-7(17)5-10(9)16)19-18-11-4-2-8(20(23)24)6-12(11)21(25)26/h1-6,18H/b19-14+. The zero-order valence-electron chi connectivity index (χ0n) is 12.5. The number of carbonyl (C=O) groups excluding carboxylic acids is 1. The molecule has 0 unspecified atom stereocenters. The van der Waals surface area contributed by atoms with Crippen LogP contribution in [0.25, 0.3) is 0 Å². The molecule has 0 aliphatic carbocycles. The molecule has 2 aromatic carbocycles. The molecule has 9 nitrogen and oxygen atoms in total. The van der Waals surface area contributed by atoms with E-state index in [2.05, 4.69) is 26.5 Å². The van der Waals surface area contributed by atoms with Crippen molar-refractivity contribution in [1.29, 1.82) is 0 Å². The van der Waals surface area contributed by atoms with Gasteiger partial charge >= 0.3 is 5.69 Å². The molecule has 0 saturated carbocycles. The first-order valence-corrected chi connectivity index (χ1v) is 7.79. The Morgan fingerprint density at radius 3 is 2.42 bits per heavy atom. The highest BCUT2D eigenvalue weighted by Crippen LogP contribution is 2.29. The van der Waals surface area contributed by atoms with E-state index in [1.54, 1.807) is 0 Å². The Kier molecular flexibility index (Phi) is 5.95. The maximum Gasteiger partial charge on any atom is 0.301 e. The van der Waals surface area contributed by atoms with Gasteiger partial charge in [-0.25, -0.2) is 4.39 Å². The van der Waals surface area contributed by atoms with Crippen LogP contribution in [-0.2, 0) is 0 Å². The highest BCUT2D eigenvalue weighted by atomic mass is 79.9. The number of hydrogen-bond donors (Lipinski definition) is 1. The van der Waals surface area contributed by atoms with Crippen molar-refractivity contribution < 1.29 is 19.0 Å². The molecule has 0 spiro atoms. The van der Waals surface area contributed by atoms with E-state index < -0.39 is 32.8 Å². The summed E-state index contributed by atoms with van der Waals surface area (Å²) >= 11 is 8.69. The predicted molar refractivity (Wildman–Crippen MR) is 95.5 cm³/mol. The number of rotatable bonds is 6. The summed E-state index contributed by atoms with van der Waals surface area (Å²) in [7, 11) is 0. The molecule has 1 N–H and O–H groups in total. The fourth-order valence-electron chi connectivity index (χ4n) is 1.82. The minimum Gasteiger partial charge on any atom is -0.286 e. The van der Waals surface area contributed by atoms with Crippen LogP contribution >= 0.6 is 27.5 Å². The van der Waals surface area contributed by atoms with Gasteiger partial charge in [0.2, 0.25) is 5.78 Å². The van der Waals surface area contributed by atoms with Crippen molar-refractivity contribution in [3.05, 3.63) is 73.0 Å². The van der Waals surface area contributed by atoms with Crippen molar-refractivity contribution in [3.63, 3.8) is 0 Å². The lowest BCUT2D eigenvalue weighted by Gasteiger charge is -2.04. The fraction of sp³-hybridized carbons (Fsp3) is 0. The number of hydrogen-bond acceptors (Lipinski definition) is 7. The minimum absolute atomic E-state index is 0.0382. The largest absolute Gasteiger partial charge is 0.301 e. The first kappa shape index (κ1) is 19.4. The summed E-state index contributed by atoms with van der Waals surface area (Å²) in [4.78, 5) is 32.3. The van der Waals surface area contributed by atoms with Gasteiger partial charge in [0.05, 0.1) is 20.9 Å². The summed E-state index contributed by atoms with van der Waals surface area (Å²) < 4.78 is 12.7. The molecular formula is C14H7BrClFN4O5. The Balaban J connectivity index is 2.29. The zero-order valence-corrected chi connectivity index (χ0v) is 14.8. The molecule has 0 aliphatic rings. The number of halogens is 3. The Morgan fingerprint density at radius 1 is 1.15 bits per heavy atom. The number of nitrogens with zero attached hydrogens (tertiary/aromatic N) is 3. The van der Waals surface area contributed by atoms with Crippen LogP contribution in [0.15, 0.2) is 41.5 Å². The Morgan fingerprint density at radius 2 is 1.85 bits per heavy atom. The molecule has 0 heterocycles. The monoisotopic (exact) mass is 444 g/mol. The van der Waals surface area contributed by atoms with Gasteiger partial charge in [-0.1, -0.05) is 11.6 Å². The number of nitrogens with one attached hydrogen (secondary N) is 1. The number of hydrazone groups is 1. The number of nitro groups is 2. The van der Waals surface area contributed by atoms with Gasteiger partial charge < -0.3 is 0 Å². The smallest absolute Gasteiger partial charge is 0.286 e. The number of non-ortho nitro benzene ring substituents is 1. The van der Waals surface area contributed by atoms with Crippen molar-refractivity contribution >= 4 is 55.0 Å². The third kappa shape index (κ3) is 4.37. The second-order valence-electron chi connectivity index (χ2n) is 4.68. The van der Waals surface area contributed by atoms with E-state index in [0.29, 0.717) is 0 Å². The number of Topliss-reactive ketones (excluding diaryl/α,β-unsaturated/α-hetero) is 1. The zero-order chi connectivity index (χ0) is 19.4. The summed E-state index contributed by atoms with van der Waals surface area (Å²) in [6.45, 7) is 0. The summed E-state index contributed by atoms with van der Waals surface area (Å²) in [6, 6.07) is 6.01. The van der Waals surface area contributed by atoms with Crippen molar-refractivity contribution in [2.75, 3.05) is 5.43 Å². The van der Waals surface area contributed by atoms with Crippen LogP contribution in [0.3, 0.4) is 0 Å². The lowest BCUT2D eigenvalue weighted by atomic mass is 10.1. The van der Waals surface area contributed by atoms with E-state index in [1.165, 1.54) is 0 Å². The van der Waals surface area contributed by atoms with E-state index in [0.717, 1.165) is 36.4 Å². The van der Waals surface area contributed by atoms with E-state index >= 15 is 0 Å². The Labute approximate surface area is 157 Å². The van der Waals surface area contributed by atoms with Crippen LogP contribution in [0.1, 0.15) is 10.4 Å². The second-order valence-corrected chi connectivity index (χ2v) is 5.84. The maximum absolute atomic E-state index is 13.0. The molecule has 0 saturated heterocycles. The Bertz CT molecular complexity index is 953. The summed E-state index contributed by atoms with van der Waals surface area (Å²) in [5.41, 5.74) is 0.998. The second kappa shape index (κ2) is 7.97. The maximum atomic E-state index is 13.0. The van der Waals surface area contributed by atoms with Crippen molar-refractivity contribution in [3.8, 4) is 0 Å². The molecule has 0 aliphatic heterocycles. The summed E-state index contributed by atoms with van der Waals surface area (Å²) in [6.07, 6.45) is 0. The van der Waals surface area contributed by atoms with Gasteiger partial charge in [-0.2, -0.15) is 5.10 Å². The third-order valence-electron chi connectivity index (χ3n) is 3.03. The average molecular weight is 446 g/mol. The molecular weight excluding hydrogens is 439 g/mol. The van der Waals surface area contributed by atoms with Gasteiger partial charge in [-0.05, 0) is 40.2 Å². The molecule has 0 atom stereocenters. The first-order chi connectivity index (χ1) is 12.2. The summed E-state index contributed by atoms with van der Waals surface area (Å²) in [5.74, 6) is -1.33. The molecule has 26 heavy (non-hydrogen) atoms. The molecule has 0 radical (unpaired) electrons. The lowest BCUT2D eigenvalue weighted by Crippen LogP contribution is -2.11. The number of anilines is 1. The molecule has 2 rings (SSSR count). The van der Waals surface area contributed by atoms with Gasteiger partial charge in [-0.15, -0.1) is 0 Å². The molecule has 12 heteroatoms. The van der Waals surface area contributed by atoms with Crippen LogP contribution < -0.4 is 5.43 Å². The molecule has 0 amide bonds. The van der Waals surface area contributed by atoms with Crippen molar-refractivity contribution in [1.82, 2.24) is 0 Å². The van der Waals surface area contributed by atoms with E-state index in [4.69, 9.17) is 11.6 Å². The van der Waals surface area contributed by atoms with E-state index in [9.17, 15) is 29.4 Å². The van der Waals surface area contributed by atoms with Crippen LogP contribution in [0.5, 0.6) is 0 Å². The van der Waals surface area contributed by atoms with E-state index in [1.807, 2.05) is 0 Å². The topological polar surface area (TPSA) is 128 Å². The van der Waals surface area contributed by atoms with E-state index in [-0.39, 0.29) is 20.9 Å². The highest BCUT2D eigenvalue weighted by molar-refractivity contribution is 9.19. The Hall–Kier alpha value is -2.92. The predicted octanol–water partition coefficient (Wildman–Crippen LogP) is 4.30. The molecule has 2 aromatic rings. The number of carbonyl (C=O) groups is 1. The number of benzene rings is 2. The third-order valence-corrected chi connectivity index (χ3v) is 3.88. The van der Waals surface area contributed by atoms with Gasteiger partial charge in [0.1, 0.15) is 11.5 Å². The molecule has 134 valence electrons. The minimum atomic E-state index is -0.836. The molecule has 0 fully saturated rings. The first-order valence-electron chi connectivity index (χ1n) is 6.62. The average Bonchev–Trinajstić information content (AvgIpc) is 2.58. The van der Waals surface area contributed by atoms with Gasteiger partial charge in [-0.3, -0.25) is 30.4 Å². The SMILES string of the molecule is O=C(/C(Br)=N\Nc1ccc([N+](=O)[O-])cc1[N+](=O)[O-])c1ccc(F)cc1Cl. The summed E-state index contributed by atoms with van der Waals surface area (Å²) in [5, 5.41) is 25.3. The van der Waals surface area contributed by atoms with Crippen LogP contribution in [0, 0.1) is 26.0 Å². The molecule has 0 bridgehead atoms. The van der Waals surface area contributed by atoms with Crippen LogP contribution in [0.2, 0.25) is 5.02 Å². The highest BCUT2D eigenvalue weighted by Gasteiger charge is 2.20. The van der Waals surface area contributed by atoms with Crippen LogP contribution in [-0.4, -0.2) is 20.3 Å². The number of nitro benzene ring substituents is 2. The van der Waals surface area contributed by atoms with Crippen LogP contribution in [0.4, 0.5) is 21.5 Å². The number of ketones is 1. The van der Waals surface area contributed by atoms with Gasteiger partial charge in [0.25, 0.3) is 5.69 Å². The molecule has 0 aromatic heterocycles. The van der Waals surface area contributed by atoms with Crippen molar-refractivity contribution in [2.24, 2.45) is 5.10 Å².